The molecule has 3 saturated carbocycles. The maximum absolute atomic E-state index is 13.7. The van der Waals surface area contributed by atoms with Crippen molar-refractivity contribution in [3.05, 3.63) is 36.2 Å². The fourth-order valence-corrected chi connectivity index (χ4v) is 10.2. The number of thioether (sulfide) groups is 1. The molecule has 2 saturated heterocycles. The molecule has 6 rings (SSSR count). The Labute approximate surface area is 253 Å². The summed E-state index contributed by atoms with van der Waals surface area (Å²) in [5.41, 5.74) is 5.54. The van der Waals surface area contributed by atoms with Gasteiger partial charge in [-0.15, -0.1) is 11.8 Å². The van der Waals surface area contributed by atoms with Crippen molar-refractivity contribution in [2.75, 3.05) is 19.0 Å². The largest absolute Gasteiger partial charge is 0.461 e. The molecule has 2 bridgehead atoms. The summed E-state index contributed by atoms with van der Waals surface area (Å²) in [5, 5.41) is 12.1. The van der Waals surface area contributed by atoms with Crippen LogP contribution in [0.4, 0.5) is 0 Å². The summed E-state index contributed by atoms with van der Waals surface area (Å²) in [6.07, 6.45) is 9.76. The van der Waals surface area contributed by atoms with E-state index in [-0.39, 0.29) is 64.2 Å². The molecule has 0 aromatic carbocycles. The van der Waals surface area contributed by atoms with Crippen LogP contribution >= 0.6 is 11.8 Å². The van der Waals surface area contributed by atoms with Crippen LogP contribution in [-0.2, 0) is 23.8 Å². The predicted octanol–water partition coefficient (Wildman–Crippen LogP) is 4.04. The van der Waals surface area contributed by atoms with Gasteiger partial charge in [-0.25, -0.2) is 0 Å². The van der Waals surface area contributed by atoms with Crippen molar-refractivity contribution in [2.45, 2.75) is 95.5 Å². The van der Waals surface area contributed by atoms with E-state index < -0.39 is 23.0 Å². The van der Waals surface area contributed by atoms with Gasteiger partial charge in [0.2, 0.25) is 0 Å². The summed E-state index contributed by atoms with van der Waals surface area (Å²) in [6, 6.07) is 3.75. The third-order valence-corrected chi connectivity index (χ3v) is 13.1. The first kappa shape index (κ1) is 30.3. The van der Waals surface area contributed by atoms with Gasteiger partial charge in [0.25, 0.3) is 0 Å². The molecule has 230 valence electrons. The maximum atomic E-state index is 13.7. The van der Waals surface area contributed by atoms with Gasteiger partial charge in [-0.05, 0) is 54.6 Å². The Morgan fingerprint density at radius 1 is 1.24 bits per heavy atom. The molecule has 1 aromatic heterocycles. The van der Waals surface area contributed by atoms with Crippen LogP contribution in [0.25, 0.3) is 6.08 Å². The minimum atomic E-state index is -0.705. The number of nitrogens with two attached hydrogens (primary N) is 1. The Morgan fingerprint density at radius 2 is 2.02 bits per heavy atom. The van der Waals surface area contributed by atoms with Crippen LogP contribution in [0.15, 0.2) is 30.6 Å². The molecule has 3 N–H and O–H groups in total. The number of nitrogens with zero attached hydrogens (tertiary/aromatic N) is 1. The number of ether oxygens (including phenoxy) is 3. The van der Waals surface area contributed by atoms with Crippen molar-refractivity contribution in [1.82, 2.24) is 4.98 Å². The zero-order valence-electron chi connectivity index (χ0n) is 25.2. The minimum Gasteiger partial charge on any atom is -0.461 e. The highest BCUT2D eigenvalue weighted by Crippen LogP contribution is 2.68. The number of esters is 1. The second-order valence-corrected chi connectivity index (χ2v) is 15.3. The second kappa shape index (κ2) is 11.3. The molecule has 2 aliphatic heterocycles. The van der Waals surface area contributed by atoms with Crippen LogP contribution in [0.5, 0.6) is 0 Å². The molecule has 5 fully saturated rings. The highest BCUT2D eigenvalue weighted by molar-refractivity contribution is 8.00. The minimum absolute atomic E-state index is 0.0250. The van der Waals surface area contributed by atoms with Crippen LogP contribution in [0.1, 0.15) is 65.4 Å². The Morgan fingerprint density at radius 3 is 2.79 bits per heavy atom. The number of carbonyl (C=O) groups is 2. The van der Waals surface area contributed by atoms with E-state index in [9.17, 15) is 14.7 Å². The van der Waals surface area contributed by atoms with Crippen LogP contribution < -0.4 is 5.73 Å². The van der Waals surface area contributed by atoms with Crippen molar-refractivity contribution < 1.29 is 28.9 Å². The molecule has 0 unspecified atom stereocenters. The van der Waals surface area contributed by atoms with Gasteiger partial charge in [-0.2, -0.15) is 0 Å². The zero-order chi connectivity index (χ0) is 29.9. The highest BCUT2D eigenvalue weighted by atomic mass is 32.2. The second-order valence-electron chi connectivity index (χ2n) is 14.1. The first-order valence-corrected chi connectivity index (χ1v) is 16.6. The smallest absolute Gasteiger partial charge is 0.316 e. The third kappa shape index (κ3) is 4.87. The lowest BCUT2D eigenvalue weighted by molar-refractivity contribution is -0.205. The monoisotopic (exact) mass is 598 g/mol. The van der Waals surface area contributed by atoms with Crippen LogP contribution in [-0.4, -0.2) is 76.5 Å². The Balaban J connectivity index is 1.31. The van der Waals surface area contributed by atoms with Gasteiger partial charge in [0.15, 0.2) is 0 Å². The van der Waals surface area contributed by atoms with E-state index in [1.807, 2.05) is 18.2 Å². The normalized spacial score (nSPS) is 46.7. The van der Waals surface area contributed by atoms with Crippen molar-refractivity contribution in [1.29, 1.82) is 0 Å². The maximum Gasteiger partial charge on any atom is 0.316 e. The summed E-state index contributed by atoms with van der Waals surface area (Å²) < 4.78 is 18.2. The number of aliphatic hydroxyl groups excluding tert-OH is 1. The van der Waals surface area contributed by atoms with E-state index in [4.69, 9.17) is 19.9 Å². The number of carbonyl (C=O) groups excluding carboxylic acids is 2. The number of fused-ring (bicyclic) bond motifs is 1. The Bertz CT molecular complexity index is 1210. The molecule has 8 nitrogen and oxygen atoms in total. The van der Waals surface area contributed by atoms with E-state index in [0.717, 1.165) is 24.8 Å². The predicted molar refractivity (Wildman–Crippen MR) is 161 cm³/mol. The summed E-state index contributed by atoms with van der Waals surface area (Å²) >= 11 is 1.50. The molecule has 0 radical (unpaired) electrons. The highest BCUT2D eigenvalue weighted by Gasteiger charge is 2.68. The molecule has 3 aliphatic carbocycles. The van der Waals surface area contributed by atoms with E-state index in [1.165, 1.54) is 11.8 Å². The van der Waals surface area contributed by atoms with Crippen LogP contribution in [0, 0.1) is 34.0 Å². The van der Waals surface area contributed by atoms with Gasteiger partial charge in [0, 0.05) is 35.6 Å². The first-order chi connectivity index (χ1) is 20.0. The van der Waals surface area contributed by atoms with Gasteiger partial charge in [-0.1, -0.05) is 45.9 Å². The molecular weight excluding hydrogens is 552 g/mol. The standard InChI is InChI=1S/C33H46N2O6S/c1-19-7-11-33-12-9-23(36)29(33)32(19,4)25(41-26(37)18-42-24-17-40-27-22(34)16-39-28(24)27)14-31(3,30(38)20(33)2)10-8-21-6-5-13-35-15-21/h5-6,8,10,13,15,19-20,22,24-25,27-30,38H,7,9,11-12,14,16-18,34H2,1-4H3/b10-8+/t19-,20+,22+,24+,25-,27-,28-,29+,30+,31+,32+,33+/m1/s1. The summed E-state index contributed by atoms with van der Waals surface area (Å²) in [7, 11) is 0. The molecule has 0 amide bonds. The van der Waals surface area contributed by atoms with Crippen molar-refractivity contribution in [3.63, 3.8) is 0 Å². The van der Waals surface area contributed by atoms with Gasteiger partial charge in [-0.3, -0.25) is 14.6 Å². The molecule has 5 aliphatic rings. The van der Waals surface area contributed by atoms with E-state index >= 15 is 0 Å². The quantitative estimate of drug-likeness (QED) is 0.468. The summed E-state index contributed by atoms with van der Waals surface area (Å²) in [5.74, 6) is -0.00143. The van der Waals surface area contributed by atoms with Crippen LogP contribution in [0.2, 0.25) is 0 Å². The van der Waals surface area contributed by atoms with Crippen molar-refractivity contribution in [2.24, 2.45) is 39.7 Å². The lowest BCUT2D eigenvalue weighted by Gasteiger charge is -2.61. The molecule has 9 heteroatoms. The summed E-state index contributed by atoms with van der Waals surface area (Å²) in [6.45, 7) is 9.58. The number of aliphatic hydroxyl groups is 1. The lowest BCUT2D eigenvalue weighted by Crippen LogP contribution is -2.63. The fraction of sp³-hybridized carbons (Fsp3) is 0.727. The van der Waals surface area contributed by atoms with Gasteiger partial charge < -0.3 is 25.1 Å². The average molecular weight is 599 g/mol. The zero-order valence-corrected chi connectivity index (χ0v) is 26.1. The van der Waals surface area contributed by atoms with Gasteiger partial charge in [0.05, 0.1) is 42.5 Å². The Kier molecular flexibility index (Phi) is 8.14. The van der Waals surface area contributed by atoms with Crippen molar-refractivity contribution in [3.8, 4) is 0 Å². The van der Waals surface area contributed by atoms with Crippen molar-refractivity contribution >= 4 is 29.6 Å². The number of hydrogen-bond acceptors (Lipinski definition) is 9. The van der Waals surface area contributed by atoms with E-state index in [1.54, 1.807) is 12.4 Å². The Hall–Kier alpha value is -1.78. The van der Waals surface area contributed by atoms with Gasteiger partial charge >= 0.3 is 5.97 Å². The first-order valence-electron chi connectivity index (χ1n) is 15.6. The molecule has 0 spiro atoms. The number of Topliss-reactive ketones (excluding diaryl/α,β-unsaturated/α-hetero) is 1. The fourth-order valence-electron chi connectivity index (χ4n) is 9.23. The third-order valence-electron chi connectivity index (χ3n) is 11.9. The molecule has 42 heavy (non-hydrogen) atoms. The van der Waals surface area contributed by atoms with E-state index in [2.05, 4.69) is 38.8 Å². The number of ketones is 1. The molecule has 3 heterocycles. The number of pyridine rings is 1. The van der Waals surface area contributed by atoms with Crippen LogP contribution in [0.3, 0.4) is 0 Å². The van der Waals surface area contributed by atoms with Gasteiger partial charge in [0.1, 0.15) is 18.0 Å². The number of rotatable bonds is 6. The average Bonchev–Trinajstić information content (AvgIpc) is 3.67. The molecular formula is C33H46N2O6S. The van der Waals surface area contributed by atoms with E-state index in [0.29, 0.717) is 26.1 Å². The summed E-state index contributed by atoms with van der Waals surface area (Å²) in [4.78, 5) is 31.6. The number of aromatic nitrogens is 1. The number of hydrogen-bond donors (Lipinski definition) is 2. The molecule has 1 aromatic rings. The lowest BCUT2D eigenvalue weighted by atomic mass is 9.44. The SMILES string of the molecule is C[C@@H]1CC[C@@]23CCC(=O)[C@H]2[C@]1(C)[C@H](OC(=O)CS[C@H]1CO[C@H]2[C@@H]1OC[C@@H]2N)C[C@](C)(/C=C/c1cccnc1)[C@@H](O)[C@@H]3C. The topological polar surface area (TPSA) is 121 Å². The molecule has 12 atom stereocenters.